The van der Waals surface area contributed by atoms with Crippen molar-refractivity contribution in [3.63, 3.8) is 0 Å². The van der Waals surface area contributed by atoms with Gasteiger partial charge in [0.05, 0.1) is 19.7 Å². The van der Waals surface area contributed by atoms with Crippen LogP contribution in [0.1, 0.15) is 41.3 Å². The van der Waals surface area contributed by atoms with E-state index in [1.165, 1.54) is 5.56 Å². The van der Waals surface area contributed by atoms with E-state index >= 15 is 0 Å². The van der Waals surface area contributed by atoms with E-state index in [9.17, 15) is 9.59 Å². The summed E-state index contributed by atoms with van der Waals surface area (Å²) in [5.74, 6) is 1.27. The molecule has 3 aromatic carbocycles. The van der Waals surface area contributed by atoms with Gasteiger partial charge in [-0.25, -0.2) is 0 Å². The molecule has 7 nitrogen and oxygen atoms in total. The number of fused-ring (bicyclic) bond motifs is 4. The Bertz CT molecular complexity index is 1560. The molecule has 0 saturated carbocycles. The third-order valence-electron chi connectivity index (χ3n) is 9.21. The molecule has 2 unspecified atom stereocenters. The number of rotatable bonds is 6. The second-order valence-electron chi connectivity index (χ2n) is 11.7. The van der Waals surface area contributed by atoms with Crippen LogP contribution in [0.5, 0.6) is 5.75 Å². The molecule has 1 aromatic heterocycles. The normalized spacial score (nSPS) is 21.7. The molecule has 3 aliphatic heterocycles. The summed E-state index contributed by atoms with van der Waals surface area (Å²) in [6, 6.07) is 25.8. The number of hydrogen-bond acceptors (Lipinski definition) is 4. The van der Waals surface area contributed by atoms with E-state index in [2.05, 4.69) is 52.3 Å². The summed E-state index contributed by atoms with van der Waals surface area (Å²) in [5.41, 5.74) is 5.50. The van der Waals surface area contributed by atoms with Crippen LogP contribution in [0.4, 0.5) is 0 Å². The van der Waals surface area contributed by atoms with Crippen molar-refractivity contribution in [1.82, 2.24) is 19.7 Å². The maximum absolute atomic E-state index is 14.1. The second-order valence-corrected chi connectivity index (χ2v) is 11.7. The van der Waals surface area contributed by atoms with Crippen LogP contribution < -0.4 is 4.74 Å². The molecule has 0 radical (unpaired) electrons. The van der Waals surface area contributed by atoms with Crippen LogP contribution in [-0.2, 0) is 22.6 Å². The van der Waals surface area contributed by atoms with E-state index in [1.54, 1.807) is 7.11 Å². The molecule has 4 heterocycles. The number of carbonyl (C=O) groups excluding carboxylic acids is 2. The molecule has 7 rings (SSSR count). The fourth-order valence-corrected chi connectivity index (χ4v) is 7.09. The Balaban J connectivity index is 1.13. The van der Waals surface area contributed by atoms with Gasteiger partial charge < -0.3 is 19.5 Å². The lowest BCUT2D eigenvalue weighted by molar-refractivity contribution is -0.159. The van der Waals surface area contributed by atoms with Gasteiger partial charge in [-0.1, -0.05) is 60.7 Å². The highest BCUT2D eigenvalue weighted by atomic mass is 16.5. The minimum atomic E-state index is -0.506. The molecule has 0 aliphatic carbocycles. The highest BCUT2D eigenvalue weighted by Gasteiger charge is 2.48. The van der Waals surface area contributed by atoms with Crippen LogP contribution in [0.15, 0.2) is 78.9 Å². The third-order valence-corrected chi connectivity index (χ3v) is 9.21. The molecule has 2 amide bonds. The molecule has 0 spiro atoms. The molecule has 1 N–H and O–H groups in total. The van der Waals surface area contributed by atoms with Gasteiger partial charge >= 0.3 is 0 Å². The summed E-state index contributed by atoms with van der Waals surface area (Å²) in [7, 11) is 1.65. The average Bonchev–Trinajstić information content (AvgIpc) is 3.39. The molecule has 2 atom stereocenters. The van der Waals surface area contributed by atoms with E-state index in [4.69, 9.17) is 4.74 Å². The van der Waals surface area contributed by atoms with Crippen LogP contribution in [0, 0.1) is 5.92 Å². The summed E-state index contributed by atoms with van der Waals surface area (Å²) in [6.07, 6.45) is 2.61. The van der Waals surface area contributed by atoms with Crippen molar-refractivity contribution in [1.29, 1.82) is 0 Å². The maximum atomic E-state index is 14.1. The number of amides is 2. The number of likely N-dealkylation sites (tertiary alicyclic amines) is 1. The number of hydrogen-bond donors (Lipinski definition) is 1. The maximum Gasteiger partial charge on any atom is 0.246 e. The largest absolute Gasteiger partial charge is 0.497 e. The first-order chi connectivity index (χ1) is 20.1. The molecule has 2 saturated heterocycles. The molecule has 0 bridgehead atoms. The summed E-state index contributed by atoms with van der Waals surface area (Å²) >= 11 is 0. The quantitative estimate of drug-likeness (QED) is 0.377. The van der Waals surface area contributed by atoms with Crippen molar-refractivity contribution in [2.45, 2.75) is 37.9 Å². The monoisotopic (exact) mass is 548 g/mol. The SMILES string of the molecule is COc1ccc(C2c3[nH]c4ccccc4c3CC3C(=O)N(CC4CCN(Cc5ccccc5)CC4)CC(=O)N32)cc1. The Morgan fingerprint density at radius 2 is 1.63 bits per heavy atom. The highest BCUT2D eigenvalue weighted by molar-refractivity contribution is 5.97. The second kappa shape index (κ2) is 10.7. The van der Waals surface area contributed by atoms with E-state index < -0.39 is 6.04 Å². The molecular formula is C34H36N4O3. The van der Waals surface area contributed by atoms with Gasteiger partial charge in [-0.2, -0.15) is 0 Å². The van der Waals surface area contributed by atoms with E-state index in [0.717, 1.165) is 65.9 Å². The van der Waals surface area contributed by atoms with Crippen molar-refractivity contribution >= 4 is 22.7 Å². The molecule has 210 valence electrons. The summed E-state index contributed by atoms with van der Waals surface area (Å²) in [4.78, 5) is 37.8. The van der Waals surface area contributed by atoms with Crippen molar-refractivity contribution < 1.29 is 14.3 Å². The molecule has 3 aliphatic rings. The number of nitrogens with zero attached hydrogens (tertiary/aromatic N) is 3. The van der Waals surface area contributed by atoms with Crippen LogP contribution in [0.25, 0.3) is 10.9 Å². The fraction of sp³-hybridized carbons (Fsp3) is 0.353. The number of H-pyrrole nitrogens is 1. The number of methoxy groups -OCH3 is 1. The zero-order valence-electron chi connectivity index (χ0n) is 23.5. The van der Waals surface area contributed by atoms with Crippen molar-refractivity contribution in [3.05, 3.63) is 101 Å². The standard InChI is InChI=1S/C34H36N4O3/c1-41-26-13-11-25(12-14-26)33-32-28(27-9-5-6-10-29(27)35-32)19-30-34(40)37(22-31(39)38(30)33)21-24-15-17-36(18-16-24)20-23-7-3-2-4-8-23/h2-14,24,30,33,35H,15-22H2,1H3. The van der Waals surface area contributed by atoms with Crippen LogP contribution >= 0.6 is 0 Å². The van der Waals surface area contributed by atoms with Gasteiger partial charge in [0, 0.05) is 36.1 Å². The number of piperidine rings is 1. The van der Waals surface area contributed by atoms with Crippen LogP contribution in [0.2, 0.25) is 0 Å². The number of nitrogens with one attached hydrogen (secondary N) is 1. The van der Waals surface area contributed by atoms with Gasteiger partial charge in [0.2, 0.25) is 11.8 Å². The van der Waals surface area contributed by atoms with Crippen molar-refractivity contribution in [2.24, 2.45) is 5.92 Å². The zero-order valence-corrected chi connectivity index (χ0v) is 23.5. The van der Waals surface area contributed by atoms with Crippen LogP contribution in [-0.4, -0.2) is 70.8 Å². The highest BCUT2D eigenvalue weighted by Crippen LogP contribution is 2.43. The Morgan fingerprint density at radius 3 is 2.39 bits per heavy atom. The van der Waals surface area contributed by atoms with Crippen molar-refractivity contribution in [2.75, 3.05) is 33.3 Å². The average molecular weight is 549 g/mol. The smallest absolute Gasteiger partial charge is 0.246 e. The lowest BCUT2D eigenvalue weighted by Gasteiger charge is -2.48. The fourth-order valence-electron chi connectivity index (χ4n) is 7.09. The molecule has 41 heavy (non-hydrogen) atoms. The first-order valence-electron chi connectivity index (χ1n) is 14.7. The van der Waals surface area contributed by atoms with Crippen LogP contribution in [0.3, 0.4) is 0 Å². The van der Waals surface area contributed by atoms with Gasteiger partial charge in [-0.3, -0.25) is 14.5 Å². The van der Waals surface area contributed by atoms with E-state index in [-0.39, 0.29) is 24.4 Å². The number of carbonyl (C=O) groups is 2. The number of aromatic amines is 1. The molecule has 4 aromatic rings. The summed E-state index contributed by atoms with van der Waals surface area (Å²) in [6.45, 7) is 3.79. The lowest BCUT2D eigenvalue weighted by atomic mass is 9.85. The number of ether oxygens (including phenoxy) is 1. The minimum absolute atomic E-state index is 0.0150. The van der Waals surface area contributed by atoms with Gasteiger partial charge in [0.1, 0.15) is 11.8 Å². The topological polar surface area (TPSA) is 68.9 Å². The van der Waals surface area contributed by atoms with Crippen molar-refractivity contribution in [3.8, 4) is 5.75 Å². The zero-order chi connectivity index (χ0) is 27.9. The Kier molecular flexibility index (Phi) is 6.75. The third kappa shape index (κ3) is 4.78. The molecule has 7 heteroatoms. The lowest BCUT2D eigenvalue weighted by Crippen LogP contribution is -2.63. The Hall–Kier alpha value is -4.10. The van der Waals surface area contributed by atoms with E-state index in [0.29, 0.717) is 18.9 Å². The number of piperazine rings is 1. The predicted octanol–water partition coefficient (Wildman–Crippen LogP) is 4.77. The van der Waals surface area contributed by atoms with Gasteiger partial charge in [0.15, 0.2) is 0 Å². The summed E-state index contributed by atoms with van der Waals surface area (Å²) in [5, 5.41) is 1.13. The Morgan fingerprint density at radius 1 is 0.902 bits per heavy atom. The molecular weight excluding hydrogens is 512 g/mol. The van der Waals surface area contributed by atoms with Gasteiger partial charge in [0.25, 0.3) is 0 Å². The number of para-hydroxylation sites is 1. The minimum Gasteiger partial charge on any atom is -0.497 e. The number of benzene rings is 3. The Labute approximate surface area is 240 Å². The molecule has 2 fully saturated rings. The first-order valence-corrected chi connectivity index (χ1v) is 14.7. The van der Waals surface area contributed by atoms with E-state index in [1.807, 2.05) is 46.2 Å². The summed E-state index contributed by atoms with van der Waals surface area (Å²) < 4.78 is 5.39. The number of aromatic nitrogens is 1. The van der Waals surface area contributed by atoms with Gasteiger partial charge in [-0.05, 0) is 66.7 Å². The first kappa shape index (κ1) is 25.8. The van der Waals surface area contributed by atoms with Gasteiger partial charge in [-0.15, -0.1) is 0 Å². The predicted molar refractivity (Wildman–Crippen MR) is 158 cm³/mol.